The Bertz CT molecular complexity index is 587. The maximum absolute atomic E-state index is 13.1. The fourth-order valence-electron chi connectivity index (χ4n) is 4.74. The lowest BCUT2D eigenvalue weighted by Gasteiger charge is -2.44. The number of fused-ring (bicyclic) bond motifs is 2. The second kappa shape index (κ2) is 5.53. The third kappa shape index (κ3) is 2.10. The molecule has 1 aromatic carbocycles. The fourth-order valence-corrected chi connectivity index (χ4v) is 4.74. The minimum absolute atomic E-state index is 0.0130. The Morgan fingerprint density at radius 3 is 2.59 bits per heavy atom. The van der Waals surface area contributed by atoms with Gasteiger partial charge < -0.3 is 0 Å². The van der Waals surface area contributed by atoms with Crippen molar-refractivity contribution < 1.29 is 4.79 Å². The van der Waals surface area contributed by atoms with E-state index in [1.165, 1.54) is 44.2 Å². The molecule has 1 aromatic rings. The van der Waals surface area contributed by atoms with Crippen molar-refractivity contribution in [2.24, 2.45) is 11.0 Å². The molecule has 3 aliphatic rings. The molecular formula is C19H24N2O. The number of hydrogen-bond acceptors (Lipinski definition) is 2. The second-order valence-electron chi connectivity index (χ2n) is 7.04. The first-order valence-corrected chi connectivity index (χ1v) is 8.78. The van der Waals surface area contributed by atoms with Crippen LogP contribution in [0, 0.1) is 5.92 Å². The summed E-state index contributed by atoms with van der Waals surface area (Å²) in [5.41, 5.74) is 2.06. The van der Waals surface area contributed by atoms with Crippen LogP contribution in [-0.4, -0.2) is 22.2 Å². The lowest BCUT2D eigenvalue weighted by molar-refractivity contribution is 0.0286. The molecule has 2 saturated carbocycles. The molecule has 1 spiro atoms. The molecule has 1 amide bonds. The van der Waals surface area contributed by atoms with Gasteiger partial charge in [-0.2, -0.15) is 5.10 Å². The zero-order chi connectivity index (χ0) is 15.0. The highest BCUT2D eigenvalue weighted by Crippen LogP contribution is 2.49. The van der Waals surface area contributed by atoms with E-state index in [0.717, 1.165) is 24.8 Å². The second-order valence-corrected chi connectivity index (χ2v) is 7.04. The molecule has 116 valence electrons. The Hall–Kier alpha value is -1.64. The highest BCUT2D eigenvalue weighted by Gasteiger charge is 2.53. The number of amides is 1. The van der Waals surface area contributed by atoms with E-state index in [9.17, 15) is 4.79 Å². The van der Waals surface area contributed by atoms with Crippen molar-refractivity contribution in [1.29, 1.82) is 0 Å². The largest absolute Gasteiger partial charge is 0.274 e. The van der Waals surface area contributed by atoms with Crippen LogP contribution in [0.1, 0.15) is 68.1 Å². The van der Waals surface area contributed by atoms with Gasteiger partial charge in [0.15, 0.2) is 0 Å². The quantitative estimate of drug-likeness (QED) is 0.756. The van der Waals surface area contributed by atoms with Crippen LogP contribution in [0.4, 0.5) is 0 Å². The van der Waals surface area contributed by atoms with Gasteiger partial charge in [0.2, 0.25) is 0 Å². The first-order chi connectivity index (χ1) is 10.8. The standard InChI is InChI=1S/C19H24N2O/c22-18(15-9-3-1-4-10-15)21-19(13-7-2-8-14-19)16-11-5-6-12-17(16)20-21/h1,3-4,9-10,16H,2,5-8,11-14H2/t16-/m0/s1. The van der Waals surface area contributed by atoms with Crippen molar-refractivity contribution in [3.05, 3.63) is 35.9 Å². The molecule has 3 nitrogen and oxygen atoms in total. The van der Waals surface area contributed by atoms with Crippen LogP contribution in [0.3, 0.4) is 0 Å². The molecule has 0 bridgehead atoms. The number of nitrogens with zero attached hydrogens (tertiary/aromatic N) is 2. The molecule has 0 N–H and O–H groups in total. The Morgan fingerprint density at radius 1 is 1.05 bits per heavy atom. The molecule has 2 fully saturated rings. The highest BCUT2D eigenvalue weighted by atomic mass is 16.2. The summed E-state index contributed by atoms with van der Waals surface area (Å²) in [6.45, 7) is 0. The first-order valence-electron chi connectivity index (χ1n) is 8.78. The van der Waals surface area contributed by atoms with E-state index >= 15 is 0 Å². The molecular weight excluding hydrogens is 272 g/mol. The lowest BCUT2D eigenvalue weighted by Crippen LogP contribution is -2.52. The Kier molecular flexibility index (Phi) is 3.51. The Morgan fingerprint density at radius 2 is 1.82 bits per heavy atom. The summed E-state index contributed by atoms with van der Waals surface area (Å²) < 4.78 is 0. The van der Waals surface area contributed by atoms with E-state index in [2.05, 4.69) is 0 Å². The zero-order valence-electron chi connectivity index (χ0n) is 13.1. The first kappa shape index (κ1) is 14.0. The summed E-state index contributed by atoms with van der Waals surface area (Å²) in [6, 6.07) is 9.68. The van der Waals surface area contributed by atoms with Gasteiger partial charge in [-0.05, 0) is 44.2 Å². The van der Waals surface area contributed by atoms with E-state index < -0.39 is 0 Å². The molecule has 0 aromatic heterocycles. The maximum Gasteiger partial charge on any atom is 0.274 e. The van der Waals surface area contributed by atoms with Gasteiger partial charge >= 0.3 is 0 Å². The molecule has 3 heteroatoms. The van der Waals surface area contributed by atoms with Crippen molar-refractivity contribution in [1.82, 2.24) is 5.01 Å². The molecule has 0 unspecified atom stereocenters. The monoisotopic (exact) mass is 296 g/mol. The van der Waals surface area contributed by atoms with Gasteiger partial charge in [0.05, 0.1) is 5.54 Å². The van der Waals surface area contributed by atoms with E-state index in [0.29, 0.717) is 5.92 Å². The topological polar surface area (TPSA) is 32.7 Å². The molecule has 1 aliphatic heterocycles. The van der Waals surface area contributed by atoms with Crippen LogP contribution in [0.5, 0.6) is 0 Å². The van der Waals surface area contributed by atoms with Crippen LogP contribution in [0.15, 0.2) is 35.4 Å². The number of carbonyl (C=O) groups is 1. The van der Waals surface area contributed by atoms with Crippen molar-refractivity contribution in [2.45, 2.75) is 63.3 Å². The average Bonchev–Trinajstić information content (AvgIpc) is 2.90. The maximum atomic E-state index is 13.1. The normalized spacial score (nSPS) is 26.6. The molecule has 2 aliphatic carbocycles. The fraction of sp³-hybridized carbons (Fsp3) is 0.579. The number of hydrazone groups is 1. The van der Waals surface area contributed by atoms with Crippen molar-refractivity contribution in [2.75, 3.05) is 0 Å². The molecule has 1 heterocycles. The van der Waals surface area contributed by atoms with Crippen LogP contribution >= 0.6 is 0 Å². The Balaban J connectivity index is 1.72. The number of rotatable bonds is 1. The van der Waals surface area contributed by atoms with Gasteiger partial charge in [-0.3, -0.25) is 4.79 Å². The number of hydrogen-bond donors (Lipinski definition) is 0. The number of benzene rings is 1. The summed E-state index contributed by atoms with van der Waals surface area (Å²) in [5.74, 6) is 0.624. The zero-order valence-corrected chi connectivity index (χ0v) is 13.1. The van der Waals surface area contributed by atoms with E-state index in [1.54, 1.807) is 0 Å². The smallest absolute Gasteiger partial charge is 0.267 e. The highest BCUT2D eigenvalue weighted by molar-refractivity contribution is 5.99. The molecule has 22 heavy (non-hydrogen) atoms. The average molecular weight is 296 g/mol. The van der Waals surface area contributed by atoms with Gasteiger partial charge in [-0.25, -0.2) is 5.01 Å². The van der Waals surface area contributed by atoms with Crippen LogP contribution in [0.2, 0.25) is 0 Å². The summed E-state index contributed by atoms with van der Waals surface area (Å²) >= 11 is 0. The van der Waals surface area contributed by atoms with Crippen LogP contribution in [0.25, 0.3) is 0 Å². The molecule has 0 saturated heterocycles. The predicted molar refractivity (Wildman–Crippen MR) is 87.8 cm³/mol. The van der Waals surface area contributed by atoms with E-state index in [1.807, 2.05) is 35.3 Å². The third-order valence-electron chi connectivity index (χ3n) is 5.81. The molecule has 4 rings (SSSR count). The number of carbonyl (C=O) groups excluding carboxylic acids is 1. The van der Waals surface area contributed by atoms with Gasteiger partial charge in [0, 0.05) is 17.2 Å². The van der Waals surface area contributed by atoms with Crippen molar-refractivity contribution in [3.63, 3.8) is 0 Å². The molecule has 0 radical (unpaired) electrons. The molecule has 1 atom stereocenters. The van der Waals surface area contributed by atoms with E-state index in [-0.39, 0.29) is 11.4 Å². The van der Waals surface area contributed by atoms with E-state index in [4.69, 9.17) is 5.10 Å². The SMILES string of the molecule is O=C(c1ccccc1)N1N=C2CCCC[C@@H]2C12CCCCC2. The van der Waals surface area contributed by atoms with Gasteiger partial charge in [-0.1, -0.05) is 43.9 Å². The van der Waals surface area contributed by atoms with Crippen molar-refractivity contribution >= 4 is 11.6 Å². The third-order valence-corrected chi connectivity index (χ3v) is 5.81. The Labute approximate surface area is 132 Å². The summed E-state index contributed by atoms with van der Waals surface area (Å²) in [4.78, 5) is 13.1. The summed E-state index contributed by atoms with van der Waals surface area (Å²) in [6.07, 6.45) is 10.9. The van der Waals surface area contributed by atoms with Gasteiger partial charge in [0.1, 0.15) is 0 Å². The minimum Gasteiger partial charge on any atom is -0.267 e. The van der Waals surface area contributed by atoms with Crippen molar-refractivity contribution in [3.8, 4) is 0 Å². The van der Waals surface area contributed by atoms with Gasteiger partial charge in [0.25, 0.3) is 5.91 Å². The predicted octanol–water partition coefficient (Wildman–Crippen LogP) is 4.39. The van der Waals surface area contributed by atoms with Gasteiger partial charge in [-0.15, -0.1) is 0 Å². The van der Waals surface area contributed by atoms with Crippen LogP contribution in [-0.2, 0) is 0 Å². The lowest BCUT2D eigenvalue weighted by atomic mass is 9.67. The van der Waals surface area contributed by atoms with Crippen LogP contribution < -0.4 is 0 Å². The summed E-state index contributed by atoms with van der Waals surface area (Å²) in [7, 11) is 0. The minimum atomic E-state index is -0.0130. The summed E-state index contributed by atoms with van der Waals surface area (Å²) in [5, 5.41) is 6.77.